The fourth-order valence-electron chi connectivity index (χ4n) is 0.863. The molecule has 70 valence electrons. The first-order valence-corrected chi connectivity index (χ1v) is 4.35. The Morgan fingerprint density at radius 3 is 2.85 bits per heavy atom. The molecule has 0 aliphatic carbocycles. The number of amidine groups is 1. The number of phenols is 1. The summed E-state index contributed by atoms with van der Waals surface area (Å²) in [6.07, 6.45) is 0. The summed E-state index contributed by atoms with van der Waals surface area (Å²) in [5.41, 5.74) is 6.85. The number of hydrogen-bond acceptors (Lipinski definition) is 2. The number of rotatable bonds is 2. The minimum absolute atomic E-state index is 0.189. The monoisotopic (exact) mass is 198 g/mol. The molecule has 0 saturated heterocycles. The lowest BCUT2D eigenvalue weighted by atomic mass is 10.2. The first kappa shape index (κ1) is 9.86. The van der Waals surface area contributed by atoms with Gasteiger partial charge in [0.15, 0.2) is 0 Å². The number of hydrogen-bond donors (Lipinski definition) is 2. The number of benzene rings is 1. The normalized spacial score (nSPS) is 11.7. The second-order valence-corrected chi connectivity index (χ2v) is 2.97. The van der Waals surface area contributed by atoms with E-state index >= 15 is 0 Å². The van der Waals surface area contributed by atoms with Gasteiger partial charge in [-0.15, -0.1) is 11.6 Å². The van der Waals surface area contributed by atoms with Gasteiger partial charge in [0.05, 0.1) is 11.6 Å². The summed E-state index contributed by atoms with van der Waals surface area (Å²) in [4.78, 5) is 3.98. The molecular weight excluding hydrogens is 188 g/mol. The lowest BCUT2D eigenvalue weighted by Crippen LogP contribution is -2.12. The summed E-state index contributed by atoms with van der Waals surface area (Å²) in [6, 6.07) is 5.10. The van der Waals surface area contributed by atoms with E-state index in [0.717, 1.165) is 5.56 Å². The van der Waals surface area contributed by atoms with Gasteiger partial charge in [-0.1, -0.05) is 6.07 Å². The molecule has 3 nitrogen and oxygen atoms in total. The van der Waals surface area contributed by atoms with Crippen LogP contribution >= 0.6 is 11.6 Å². The van der Waals surface area contributed by atoms with Gasteiger partial charge in [0.2, 0.25) is 0 Å². The van der Waals surface area contributed by atoms with Crippen molar-refractivity contribution >= 4 is 23.1 Å². The van der Waals surface area contributed by atoms with Gasteiger partial charge in [0, 0.05) is 6.07 Å². The Kier molecular flexibility index (Phi) is 3.14. The highest BCUT2D eigenvalue weighted by Crippen LogP contribution is 2.22. The molecule has 1 aromatic carbocycles. The molecule has 0 bridgehead atoms. The molecule has 1 rings (SSSR count). The van der Waals surface area contributed by atoms with Gasteiger partial charge >= 0.3 is 0 Å². The topological polar surface area (TPSA) is 58.6 Å². The molecule has 0 amide bonds. The van der Waals surface area contributed by atoms with Crippen LogP contribution in [0.5, 0.6) is 5.75 Å². The molecule has 0 fully saturated rings. The lowest BCUT2D eigenvalue weighted by Gasteiger charge is -2.00. The Hall–Kier alpha value is -1.22. The van der Waals surface area contributed by atoms with E-state index in [1.54, 1.807) is 18.2 Å². The third-order valence-electron chi connectivity index (χ3n) is 1.60. The summed E-state index contributed by atoms with van der Waals surface area (Å²) in [5.74, 6) is 0.739. The van der Waals surface area contributed by atoms with Crippen molar-refractivity contribution in [1.82, 2.24) is 0 Å². The molecule has 13 heavy (non-hydrogen) atoms. The van der Waals surface area contributed by atoms with Crippen LogP contribution in [0.3, 0.4) is 0 Å². The van der Waals surface area contributed by atoms with Crippen LogP contribution in [0, 0.1) is 6.92 Å². The summed E-state index contributed by atoms with van der Waals surface area (Å²) < 4.78 is 0. The van der Waals surface area contributed by atoms with Crippen molar-refractivity contribution in [3.63, 3.8) is 0 Å². The molecule has 0 spiro atoms. The number of nitrogens with two attached hydrogens (primary N) is 1. The Labute approximate surface area is 81.9 Å². The van der Waals surface area contributed by atoms with Crippen LogP contribution in [-0.2, 0) is 0 Å². The number of phenolic OH excluding ortho intramolecular Hbond substituents is 1. The van der Waals surface area contributed by atoms with Crippen molar-refractivity contribution in [2.45, 2.75) is 6.92 Å². The van der Waals surface area contributed by atoms with E-state index in [1.165, 1.54) is 0 Å². The molecule has 0 atom stereocenters. The van der Waals surface area contributed by atoms with Crippen LogP contribution in [0.2, 0.25) is 0 Å². The number of alkyl halides is 1. The van der Waals surface area contributed by atoms with Gasteiger partial charge in [-0.3, -0.25) is 0 Å². The van der Waals surface area contributed by atoms with Crippen LogP contribution in [-0.4, -0.2) is 16.8 Å². The van der Waals surface area contributed by atoms with Crippen LogP contribution in [0.15, 0.2) is 23.2 Å². The fourth-order valence-corrected chi connectivity index (χ4v) is 0.923. The Morgan fingerprint density at radius 1 is 1.62 bits per heavy atom. The summed E-state index contributed by atoms with van der Waals surface area (Å²) in [7, 11) is 0. The van der Waals surface area contributed by atoms with Gasteiger partial charge in [0.1, 0.15) is 11.6 Å². The molecule has 0 heterocycles. The Balaban J connectivity index is 2.98. The van der Waals surface area contributed by atoms with Crippen molar-refractivity contribution in [2.75, 3.05) is 5.88 Å². The van der Waals surface area contributed by atoms with Gasteiger partial charge < -0.3 is 10.8 Å². The predicted molar refractivity (Wildman–Crippen MR) is 54.8 cm³/mol. The molecule has 0 aliphatic rings. The summed E-state index contributed by atoms with van der Waals surface area (Å²) in [6.45, 7) is 1.81. The van der Waals surface area contributed by atoms with Crippen molar-refractivity contribution < 1.29 is 5.11 Å². The van der Waals surface area contributed by atoms with E-state index in [-0.39, 0.29) is 11.6 Å². The highest BCUT2D eigenvalue weighted by atomic mass is 35.5. The SMILES string of the molecule is Cc1ccc(N=C(N)CCl)cc1O. The van der Waals surface area contributed by atoms with Gasteiger partial charge in [-0.05, 0) is 18.6 Å². The van der Waals surface area contributed by atoms with Gasteiger partial charge in [-0.25, -0.2) is 4.99 Å². The lowest BCUT2D eigenvalue weighted by molar-refractivity contribution is 0.471. The molecule has 3 N–H and O–H groups in total. The average molecular weight is 199 g/mol. The number of nitrogens with zero attached hydrogens (tertiary/aromatic N) is 1. The number of aryl methyl sites for hydroxylation is 1. The molecular formula is C9H11ClN2O. The number of aliphatic imine (C=N–C) groups is 1. The second kappa shape index (κ2) is 4.14. The van der Waals surface area contributed by atoms with E-state index < -0.39 is 0 Å². The third kappa shape index (κ3) is 2.63. The van der Waals surface area contributed by atoms with Gasteiger partial charge in [0.25, 0.3) is 0 Å². The molecule has 1 aromatic rings. The van der Waals surface area contributed by atoms with Crippen molar-refractivity contribution in [3.8, 4) is 5.75 Å². The smallest absolute Gasteiger partial charge is 0.120 e. The molecule has 0 aliphatic heterocycles. The zero-order valence-electron chi connectivity index (χ0n) is 7.29. The Bertz CT molecular complexity index is 336. The maximum atomic E-state index is 9.34. The fraction of sp³-hybridized carbons (Fsp3) is 0.222. The van der Waals surface area contributed by atoms with Crippen molar-refractivity contribution in [2.24, 2.45) is 10.7 Å². The highest BCUT2D eigenvalue weighted by molar-refractivity contribution is 6.28. The minimum atomic E-state index is 0.189. The zero-order chi connectivity index (χ0) is 9.84. The van der Waals surface area contributed by atoms with E-state index in [1.807, 2.05) is 6.92 Å². The highest BCUT2D eigenvalue weighted by Gasteiger charge is 1.97. The third-order valence-corrected chi connectivity index (χ3v) is 1.88. The zero-order valence-corrected chi connectivity index (χ0v) is 8.04. The van der Waals surface area contributed by atoms with E-state index in [4.69, 9.17) is 17.3 Å². The quantitative estimate of drug-likeness (QED) is 0.434. The number of aromatic hydroxyl groups is 1. The summed E-state index contributed by atoms with van der Waals surface area (Å²) in [5, 5.41) is 9.34. The van der Waals surface area contributed by atoms with Crippen molar-refractivity contribution in [1.29, 1.82) is 0 Å². The second-order valence-electron chi connectivity index (χ2n) is 2.71. The molecule has 0 saturated carbocycles. The minimum Gasteiger partial charge on any atom is -0.508 e. The van der Waals surface area contributed by atoms with E-state index in [2.05, 4.69) is 4.99 Å². The average Bonchev–Trinajstić information content (AvgIpc) is 2.11. The van der Waals surface area contributed by atoms with Gasteiger partial charge in [-0.2, -0.15) is 0 Å². The molecule has 0 unspecified atom stereocenters. The van der Waals surface area contributed by atoms with Crippen LogP contribution in [0.4, 0.5) is 5.69 Å². The Morgan fingerprint density at radius 2 is 2.31 bits per heavy atom. The van der Waals surface area contributed by atoms with Crippen LogP contribution in [0.1, 0.15) is 5.56 Å². The van der Waals surface area contributed by atoms with E-state index in [0.29, 0.717) is 11.5 Å². The van der Waals surface area contributed by atoms with Crippen LogP contribution < -0.4 is 5.73 Å². The number of halogens is 1. The predicted octanol–water partition coefficient (Wildman–Crippen LogP) is 1.93. The van der Waals surface area contributed by atoms with E-state index in [9.17, 15) is 5.11 Å². The molecule has 0 aromatic heterocycles. The first-order valence-electron chi connectivity index (χ1n) is 3.82. The maximum Gasteiger partial charge on any atom is 0.120 e. The molecule has 4 heteroatoms. The first-order chi connectivity index (χ1) is 6.13. The standard InChI is InChI=1S/C9H11ClN2O/c1-6-2-3-7(4-8(6)13)12-9(11)5-10/h2-4,13H,5H2,1H3,(H2,11,12). The maximum absolute atomic E-state index is 9.34. The summed E-state index contributed by atoms with van der Waals surface area (Å²) >= 11 is 5.45. The molecule has 0 radical (unpaired) electrons. The van der Waals surface area contributed by atoms with Crippen molar-refractivity contribution in [3.05, 3.63) is 23.8 Å². The van der Waals surface area contributed by atoms with Crippen LogP contribution in [0.25, 0.3) is 0 Å². The largest absolute Gasteiger partial charge is 0.508 e.